The Morgan fingerprint density at radius 2 is 1.59 bits per heavy atom. The summed E-state index contributed by atoms with van der Waals surface area (Å²) in [6.07, 6.45) is -4.59. The molecule has 0 aliphatic heterocycles. The minimum absolute atomic E-state index is 0.0317. The molecular weight excluding hydrogens is 590 g/mol. The number of benzene rings is 3. The number of hydrogen-bond acceptors (Lipinski definition) is 3. The summed E-state index contributed by atoms with van der Waals surface area (Å²) in [5, 5.41) is 5.32. The number of pyridine rings is 1. The third-order valence-electron chi connectivity index (χ3n) is 5.78. The van der Waals surface area contributed by atoms with Crippen molar-refractivity contribution in [2.45, 2.75) is 19.7 Å². The van der Waals surface area contributed by atoms with Gasteiger partial charge in [-0.15, -0.1) is 0 Å². The van der Waals surface area contributed by atoms with Gasteiger partial charge in [0.15, 0.2) is 5.65 Å². The van der Waals surface area contributed by atoms with Crippen molar-refractivity contribution < 1.29 is 17.9 Å². The molecule has 4 nitrogen and oxygen atoms in total. The highest BCUT2D eigenvalue weighted by Gasteiger charge is 2.35. The molecule has 0 saturated carbocycles. The number of aryl methyl sites for hydroxylation is 1. The van der Waals surface area contributed by atoms with E-state index in [0.29, 0.717) is 32.6 Å². The van der Waals surface area contributed by atoms with Crippen LogP contribution in [0.25, 0.3) is 28.0 Å². The zero-order chi connectivity index (χ0) is 26.3. The number of ether oxygens (including phenoxy) is 1. The summed E-state index contributed by atoms with van der Waals surface area (Å²) in [6, 6.07) is 20.0. The first-order chi connectivity index (χ1) is 17.6. The van der Waals surface area contributed by atoms with Crippen molar-refractivity contribution in [3.8, 4) is 22.7 Å². The first-order valence-electron chi connectivity index (χ1n) is 11.0. The van der Waals surface area contributed by atoms with Gasteiger partial charge >= 0.3 is 6.18 Å². The fourth-order valence-corrected chi connectivity index (χ4v) is 4.74. The molecular formula is C27H17BrCl2F3N3O. The summed E-state index contributed by atoms with van der Waals surface area (Å²) in [5.41, 5.74) is 1.48. The van der Waals surface area contributed by atoms with Crippen molar-refractivity contribution in [3.63, 3.8) is 0 Å². The van der Waals surface area contributed by atoms with E-state index in [1.165, 1.54) is 4.68 Å². The Morgan fingerprint density at radius 3 is 2.22 bits per heavy atom. The molecule has 3 aromatic carbocycles. The minimum atomic E-state index is -4.59. The van der Waals surface area contributed by atoms with E-state index < -0.39 is 11.7 Å². The second-order valence-corrected chi connectivity index (χ2v) is 9.97. The van der Waals surface area contributed by atoms with Crippen LogP contribution in [0.4, 0.5) is 13.2 Å². The number of fused-ring (bicyclic) bond motifs is 1. The smallest absolute Gasteiger partial charge is 0.417 e. The number of halogens is 6. The van der Waals surface area contributed by atoms with Crippen molar-refractivity contribution in [1.82, 2.24) is 14.8 Å². The predicted molar refractivity (Wildman–Crippen MR) is 143 cm³/mol. The molecule has 0 amide bonds. The largest absolute Gasteiger partial charge is 0.489 e. The first kappa shape index (κ1) is 25.6. The molecule has 0 saturated heterocycles. The van der Waals surface area contributed by atoms with Gasteiger partial charge in [-0.05, 0) is 73.7 Å². The van der Waals surface area contributed by atoms with Gasteiger partial charge in [0, 0.05) is 25.6 Å². The molecule has 188 valence electrons. The number of nitrogens with zero attached hydrogens (tertiary/aromatic N) is 3. The SMILES string of the molecule is Cc1nn(-c2ccc(Br)cc2)c2nc(-c3ccc(OCc4c(Cl)cccc4Cl)cc3)cc(C(F)(F)F)c12. The van der Waals surface area contributed by atoms with Gasteiger partial charge in [-0.25, -0.2) is 9.67 Å². The highest BCUT2D eigenvalue weighted by Crippen LogP contribution is 2.39. The van der Waals surface area contributed by atoms with E-state index in [1.54, 1.807) is 73.7 Å². The number of aromatic nitrogens is 3. The molecule has 2 aromatic heterocycles. The van der Waals surface area contributed by atoms with E-state index in [4.69, 9.17) is 27.9 Å². The zero-order valence-electron chi connectivity index (χ0n) is 19.2. The summed E-state index contributed by atoms with van der Waals surface area (Å²) < 4.78 is 50.5. The van der Waals surface area contributed by atoms with Gasteiger partial charge in [0.1, 0.15) is 12.4 Å². The molecule has 0 aliphatic carbocycles. The molecule has 0 N–H and O–H groups in total. The summed E-state index contributed by atoms with van der Waals surface area (Å²) in [5.74, 6) is 0.507. The average molecular weight is 607 g/mol. The highest BCUT2D eigenvalue weighted by atomic mass is 79.9. The van der Waals surface area contributed by atoms with Crippen LogP contribution in [0, 0.1) is 6.92 Å². The van der Waals surface area contributed by atoms with Crippen LogP contribution in [0.5, 0.6) is 5.75 Å². The van der Waals surface area contributed by atoms with E-state index in [0.717, 1.165) is 10.5 Å². The quantitative estimate of drug-likeness (QED) is 0.200. The van der Waals surface area contributed by atoms with Crippen molar-refractivity contribution in [1.29, 1.82) is 0 Å². The molecule has 0 radical (unpaired) electrons. The average Bonchev–Trinajstić information content (AvgIpc) is 3.19. The Labute approximate surface area is 228 Å². The summed E-state index contributed by atoms with van der Waals surface area (Å²) in [7, 11) is 0. The van der Waals surface area contributed by atoms with Crippen LogP contribution in [0.1, 0.15) is 16.8 Å². The normalized spacial score (nSPS) is 11.8. The summed E-state index contributed by atoms with van der Waals surface area (Å²) >= 11 is 15.8. The van der Waals surface area contributed by atoms with Crippen LogP contribution < -0.4 is 4.74 Å². The molecule has 0 fully saturated rings. The van der Waals surface area contributed by atoms with Crippen LogP contribution in [0.2, 0.25) is 10.0 Å². The highest BCUT2D eigenvalue weighted by molar-refractivity contribution is 9.10. The Bertz CT molecular complexity index is 1580. The van der Waals surface area contributed by atoms with E-state index in [1.807, 2.05) is 0 Å². The molecule has 5 aromatic rings. The Hall–Kier alpha value is -3.07. The van der Waals surface area contributed by atoms with E-state index in [2.05, 4.69) is 26.0 Å². The van der Waals surface area contributed by atoms with Crippen molar-refractivity contribution in [3.05, 3.63) is 104 Å². The van der Waals surface area contributed by atoms with E-state index in [-0.39, 0.29) is 29.0 Å². The van der Waals surface area contributed by atoms with Crippen molar-refractivity contribution in [2.75, 3.05) is 0 Å². The first-order valence-corrected chi connectivity index (χ1v) is 12.6. The maximum atomic E-state index is 14.1. The van der Waals surface area contributed by atoms with Crippen molar-refractivity contribution in [2.24, 2.45) is 0 Å². The van der Waals surface area contributed by atoms with E-state index >= 15 is 0 Å². The lowest BCUT2D eigenvalue weighted by molar-refractivity contribution is -0.136. The van der Waals surface area contributed by atoms with Gasteiger partial charge in [0.25, 0.3) is 0 Å². The fraction of sp³-hybridized carbons (Fsp3) is 0.111. The van der Waals surface area contributed by atoms with Gasteiger partial charge in [0.2, 0.25) is 0 Å². The van der Waals surface area contributed by atoms with Crippen LogP contribution in [-0.2, 0) is 12.8 Å². The maximum Gasteiger partial charge on any atom is 0.417 e. The molecule has 5 rings (SSSR count). The summed E-state index contributed by atoms with van der Waals surface area (Å²) in [6.45, 7) is 1.69. The second-order valence-electron chi connectivity index (χ2n) is 8.24. The van der Waals surface area contributed by atoms with Crippen LogP contribution in [-0.4, -0.2) is 14.8 Å². The lowest BCUT2D eigenvalue weighted by Crippen LogP contribution is -2.08. The lowest BCUT2D eigenvalue weighted by atomic mass is 10.0. The van der Waals surface area contributed by atoms with Crippen LogP contribution in [0.15, 0.2) is 77.3 Å². The molecule has 0 spiro atoms. The molecule has 0 bridgehead atoms. The van der Waals surface area contributed by atoms with Gasteiger partial charge in [-0.2, -0.15) is 18.3 Å². The molecule has 0 aliphatic rings. The minimum Gasteiger partial charge on any atom is -0.489 e. The molecule has 37 heavy (non-hydrogen) atoms. The third kappa shape index (κ3) is 5.19. The molecule has 2 heterocycles. The van der Waals surface area contributed by atoms with Crippen LogP contribution in [0.3, 0.4) is 0 Å². The van der Waals surface area contributed by atoms with Gasteiger partial charge in [0.05, 0.1) is 28.0 Å². The van der Waals surface area contributed by atoms with Gasteiger partial charge < -0.3 is 4.74 Å². The topological polar surface area (TPSA) is 39.9 Å². The third-order valence-corrected chi connectivity index (χ3v) is 7.02. The monoisotopic (exact) mass is 605 g/mol. The Balaban J connectivity index is 1.54. The van der Waals surface area contributed by atoms with Crippen LogP contribution >= 0.6 is 39.1 Å². The molecule has 0 unspecified atom stereocenters. The molecule has 0 atom stereocenters. The maximum absolute atomic E-state index is 14.1. The molecule has 10 heteroatoms. The van der Waals surface area contributed by atoms with Gasteiger partial charge in [-0.1, -0.05) is 45.2 Å². The second kappa shape index (κ2) is 10.0. The standard InChI is InChI=1S/C27H17BrCl2F3N3O/c1-15-25-21(27(31,32)33)13-24(34-26(25)36(35-15)18-9-7-17(28)8-10-18)16-5-11-19(12-6-16)37-14-20-22(29)3-2-4-23(20)30/h2-13H,14H2,1H3. The Kier molecular flexibility index (Phi) is 6.91. The Morgan fingerprint density at radius 1 is 0.946 bits per heavy atom. The van der Waals surface area contributed by atoms with E-state index in [9.17, 15) is 13.2 Å². The fourth-order valence-electron chi connectivity index (χ4n) is 3.97. The van der Waals surface area contributed by atoms with Crippen molar-refractivity contribution >= 4 is 50.2 Å². The lowest BCUT2D eigenvalue weighted by Gasteiger charge is -2.13. The number of alkyl halides is 3. The summed E-state index contributed by atoms with van der Waals surface area (Å²) in [4.78, 5) is 4.60. The van der Waals surface area contributed by atoms with Gasteiger partial charge in [-0.3, -0.25) is 0 Å². The number of hydrogen-bond donors (Lipinski definition) is 0. The number of rotatable bonds is 5. The zero-order valence-corrected chi connectivity index (χ0v) is 22.3. The predicted octanol–water partition coefficient (Wildman–Crippen LogP) is 9.06.